The maximum atomic E-state index is 12.5. The van der Waals surface area contributed by atoms with Crippen molar-refractivity contribution >= 4 is 39.5 Å². The second kappa shape index (κ2) is 6.81. The van der Waals surface area contributed by atoms with Crippen LogP contribution in [0.3, 0.4) is 0 Å². The van der Waals surface area contributed by atoms with Gasteiger partial charge in [0.2, 0.25) is 11.8 Å². The Hall–Kier alpha value is -2.85. The van der Waals surface area contributed by atoms with Crippen LogP contribution in [0.15, 0.2) is 24.3 Å². The minimum Gasteiger partial charge on any atom is -0.372 e. The predicted octanol–water partition coefficient (Wildman–Crippen LogP) is 3.26. The number of fused-ring (bicyclic) bond motifs is 2. The average molecular weight is 366 g/mol. The molecule has 1 aromatic carbocycles. The van der Waals surface area contributed by atoms with Crippen LogP contribution in [0.25, 0.3) is 0 Å². The topological polar surface area (TPSA) is 94.0 Å². The Kier molecular flexibility index (Phi) is 4.35. The summed E-state index contributed by atoms with van der Waals surface area (Å²) in [5, 5.41) is 18.9. The molecule has 0 bridgehead atoms. The molecule has 2 amide bonds. The quantitative estimate of drug-likeness (QED) is 0.777. The van der Waals surface area contributed by atoms with Gasteiger partial charge in [0, 0.05) is 4.88 Å². The van der Waals surface area contributed by atoms with Gasteiger partial charge in [-0.25, -0.2) is 0 Å². The molecule has 0 fully saturated rings. The molecule has 6 nitrogen and oxygen atoms in total. The lowest BCUT2D eigenvalue weighted by molar-refractivity contribution is -0.122. The normalized spacial score (nSPS) is 18.0. The molecule has 7 heteroatoms. The number of hydrogen-bond donors (Lipinski definition) is 3. The molecule has 0 unspecified atom stereocenters. The fourth-order valence-electron chi connectivity index (χ4n) is 3.47. The molecule has 2 heterocycles. The Balaban J connectivity index is 1.48. The van der Waals surface area contributed by atoms with Crippen LogP contribution in [-0.4, -0.2) is 17.9 Å². The molecule has 1 aliphatic heterocycles. The number of rotatable bonds is 3. The molecular formula is C19H18N4O2S. The first kappa shape index (κ1) is 16.6. The number of para-hydroxylation sites is 2. The Morgan fingerprint density at radius 1 is 1.27 bits per heavy atom. The second-order valence-corrected chi connectivity index (χ2v) is 7.62. The first-order valence-corrected chi connectivity index (χ1v) is 9.48. The van der Waals surface area contributed by atoms with Crippen LogP contribution < -0.4 is 16.0 Å². The van der Waals surface area contributed by atoms with Crippen LogP contribution in [-0.2, 0) is 22.4 Å². The van der Waals surface area contributed by atoms with E-state index in [-0.39, 0.29) is 18.2 Å². The van der Waals surface area contributed by atoms with Crippen molar-refractivity contribution in [1.29, 1.82) is 5.26 Å². The number of nitriles is 1. The third kappa shape index (κ3) is 3.04. The molecule has 0 radical (unpaired) electrons. The number of carbonyl (C=O) groups excluding carboxylic acids is 2. The summed E-state index contributed by atoms with van der Waals surface area (Å²) in [5.41, 5.74) is 3.19. The smallest absolute Gasteiger partial charge is 0.247 e. The van der Waals surface area contributed by atoms with Gasteiger partial charge in [0.05, 0.1) is 23.4 Å². The number of nitrogens with zero attached hydrogens (tertiary/aromatic N) is 1. The van der Waals surface area contributed by atoms with Gasteiger partial charge in [0.1, 0.15) is 17.1 Å². The number of thiophene rings is 1. The number of aryl methyl sites for hydroxylation is 1. The molecule has 2 aromatic rings. The van der Waals surface area contributed by atoms with Crippen molar-refractivity contribution in [3.05, 3.63) is 40.3 Å². The van der Waals surface area contributed by atoms with Gasteiger partial charge in [-0.2, -0.15) is 5.26 Å². The van der Waals surface area contributed by atoms with E-state index in [9.17, 15) is 14.9 Å². The number of nitrogens with one attached hydrogen (secondary N) is 3. The van der Waals surface area contributed by atoms with Crippen LogP contribution in [0.5, 0.6) is 0 Å². The molecule has 0 saturated heterocycles. The molecule has 4 rings (SSSR count). The standard InChI is InChI=1S/C19H18N4O2S/c20-10-12-11-5-1-4-8-16(11)26-19(12)23-17(24)9-15-18(25)22-14-7-3-2-6-13(14)21-15/h2-3,6-7,15,21H,1,4-5,8-9H2,(H,22,25)(H,23,24)/t15-/m1/s1. The summed E-state index contributed by atoms with van der Waals surface area (Å²) in [6, 6.07) is 8.99. The van der Waals surface area contributed by atoms with E-state index in [2.05, 4.69) is 22.0 Å². The largest absolute Gasteiger partial charge is 0.372 e. The van der Waals surface area contributed by atoms with Crippen molar-refractivity contribution in [1.82, 2.24) is 0 Å². The number of amides is 2. The molecule has 26 heavy (non-hydrogen) atoms. The minimum atomic E-state index is -0.634. The van der Waals surface area contributed by atoms with E-state index in [4.69, 9.17) is 0 Å². The summed E-state index contributed by atoms with van der Waals surface area (Å²) in [7, 11) is 0. The highest BCUT2D eigenvalue weighted by atomic mass is 32.1. The van der Waals surface area contributed by atoms with Crippen LogP contribution in [0.2, 0.25) is 0 Å². The number of benzene rings is 1. The monoisotopic (exact) mass is 366 g/mol. The summed E-state index contributed by atoms with van der Waals surface area (Å²) >= 11 is 1.49. The fraction of sp³-hybridized carbons (Fsp3) is 0.316. The molecular weight excluding hydrogens is 348 g/mol. The maximum Gasteiger partial charge on any atom is 0.247 e. The van der Waals surface area contributed by atoms with E-state index in [1.165, 1.54) is 16.2 Å². The molecule has 1 atom stereocenters. The lowest BCUT2D eigenvalue weighted by atomic mass is 9.96. The van der Waals surface area contributed by atoms with E-state index in [0.29, 0.717) is 16.3 Å². The summed E-state index contributed by atoms with van der Waals surface area (Å²) < 4.78 is 0. The molecule has 1 aliphatic carbocycles. The zero-order valence-corrected chi connectivity index (χ0v) is 14.9. The first-order valence-electron chi connectivity index (χ1n) is 8.66. The van der Waals surface area contributed by atoms with Crippen molar-refractivity contribution < 1.29 is 9.59 Å². The number of carbonyl (C=O) groups is 2. The molecule has 1 aromatic heterocycles. The lowest BCUT2D eigenvalue weighted by Gasteiger charge is -2.26. The van der Waals surface area contributed by atoms with Crippen LogP contribution >= 0.6 is 11.3 Å². The summed E-state index contributed by atoms with van der Waals surface area (Å²) in [4.78, 5) is 25.9. The predicted molar refractivity (Wildman–Crippen MR) is 101 cm³/mol. The van der Waals surface area contributed by atoms with Crippen molar-refractivity contribution in [2.24, 2.45) is 0 Å². The van der Waals surface area contributed by atoms with Gasteiger partial charge >= 0.3 is 0 Å². The Bertz CT molecular complexity index is 928. The van der Waals surface area contributed by atoms with Gasteiger partial charge in [0.15, 0.2) is 0 Å². The van der Waals surface area contributed by atoms with Crippen LogP contribution in [0, 0.1) is 11.3 Å². The van der Waals surface area contributed by atoms with Gasteiger partial charge in [0.25, 0.3) is 0 Å². The molecule has 3 N–H and O–H groups in total. The summed E-state index contributed by atoms with van der Waals surface area (Å²) in [6.07, 6.45) is 4.07. The minimum absolute atomic E-state index is 0.00754. The zero-order valence-electron chi connectivity index (χ0n) is 14.1. The Morgan fingerprint density at radius 3 is 2.85 bits per heavy atom. The van der Waals surface area contributed by atoms with Crippen molar-refractivity contribution in [3.63, 3.8) is 0 Å². The number of hydrogen-bond acceptors (Lipinski definition) is 5. The third-order valence-electron chi connectivity index (χ3n) is 4.76. The first-order chi connectivity index (χ1) is 12.7. The van der Waals surface area contributed by atoms with Crippen LogP contribution in [0.4, 0.5) is 16.4 Å². The highest BCUT2D eigenvalue weighted by molar-refractivity contribution is 7.16. The second-order valence-electron chi connectivity index (χ2n) is 6.51. The van der Waals surface area contributed by atoms with E-state index >= 15 is 0 Å². The molecule has 2 aliphatic rings. The molecule has 0 saturated carbocycles. The SMILES string of the molecule is N#Cc1c(NC(=O)C[C@H]2Nc3ccccc3NC2=O)sc2c1CCCC2. The van der Waals surface area contributed by atoms with Crippen LogP contribution in [0.1, 0.15) is 35.3 Å². The fourth-order valence-corrected chi connectivity index (χ4v) is 4.73. The van der Waals surface area contributed by atoms with Crippen molar-refractivity contribution in [2.45, 2.75) is 38.1 Å². The highest BCUT2D eigenvalue weighted by Gasteiger charge is 2.28. The van der Waals surface area contributed by atoms with Crippen molar-refractivity contribution in [3.8, 4) is 6.07 Å². The average Bonchev–Trinajstić information content (AvgIpc) is 2.99. The van der Waals surface area contributed by atoms with Gasteiger partial charge in [-0.05, 0) is 43.4 Å². The van der Waals surface area contributed by atoms with Gasteiger partial charge in [-0.3, -0.25) is 9.59 Å². The van der Waals surface area contributed by atoms with E-state index < -0.39 is 6.04 Å². The van der Waals surface area contributed by atoms with Gasteiger partial charge < -0.3 is 16.0 Å². The molecule has 132 valence electrons. The van der Waals surface area contributed by atoms with E-state index in [0.717, 1.165) is 36.9 Å². The summed E-state index contributed by atoms with van der Waals surface area (Å²) in [5.74, 6) is -0.503. The van der Waals surface area contributed by atoms with Gasteiger partial charge in [-0.15, -0.1) is 11.3 Å². The van der Waals surface area contributed by atoms with Crippen molar-refractivity contribution in [2.75, 3.05) is 16.0 Å². The lowest BCUT2D eigenvalue weighted by Crippen LogP contribution is -2.41. The maximum absolute atomic E-state index is 12.5. The Morgan fingerprint density at radius 2 is 2.04 bits per heavy atom. The van der Waals surface area contributed by atoms with E-state index in [1.807, 2.05) is 24.3 Å². The van der Waals surface area contributed by atoms with E-state index in [1.54, 1.807) is 0 Å². The highest BCUT2D eigenvalue weighted by Crippen LogP contribution is 2.37. The summed E-state index contributed by atoms with van der Waals surface area (Å²) in [6.45, 7) is 0. The number of anilines is 3. The third-order valence-corrected chi connectivity index (χ3v) is 5.96. The zero-order chi connectivity index (χ0) is 18.1. The Labute approximate surface area is 155 Å². The van der Waals surface area contributed by atoms with Gasteiger partial charge in [-0.1, -0.05) is 12.1 Å². The molecule has 0 spiro atoms.